The quantitative estimate of drug-likeness (QED) is 0.669. The Bertz CT molecular complexity index is 862. The van der Waals surface area contributed by atoms with Gasteiger partial charge in [-0.3, -0.25) is 0 Å². The second-order valence-electron chi connectivity index (χ2n) is 6.57. The second kappa shape index (κ2) is 6.36. The van der Waals surface area contributed by atoms with Crippen molar-refractivity contribution in [1.29, 1.82) is 0 Å². The van der Waals surface area contributed by atoms with Crippen LogP contribution >= 0.6 is 0 Å². The van der Waals surface area contributed by atoms with Gasteiger partial charge < -0.3 is 9.47 Å². The van der Waals surface area contributed by atoms with Crippen molar-refractivity contribution in [1.82, 2.24) is 14.5 Å². The molecule has 1 aromatic carbocycles. The number of aromatic nitrogens is 2. The highest BCUT2D eigenvalue weighted by atomic mass is 19.1. The summed E-state index contributed by atoms with van der Waals surface area (Å²) in [5, 5.41) is 1.17. The summed E-state index contributed by atoms with van der Waals surface area (Å²) in [7, 11) is 0. The van der Waals surface area contributed by atoms with Gasteiger partial charge in [-0.25, -0.2) is 4.98 Å². The van der Waals surface area contributed by atoms with E-state index in [-0.39, 0.29) is 0 Å². The molecule has 0 atom stereocenters. The summed E-state index contributed by atoms with van der Waals surface area (Å²) in [5.74, 6) is -0.391. The van der Waals surface area contributed by atoms with E-state index in [1.54, 1.807) is 13.1 Å². The van der Waals surface area contributed by atoms with E-state index in [1.807, 2.05) is 6.07 Å². The fourth-order valence-electron chi connectivity index (χ4n) is 3.71. The van der Waals surface area contributed by atoms with Gasteiger partial charge in [-0.2, -0.15) is 4.39 Å². The lowest BCUT2D eigenvalue weighted by atomic mass is 9.99. The number of benzene rings is 1. The van der Waals surface area contributed by atoms with E-state index in [0.29, 0.717) is 5.56 Å². The zero-order valence-electron chi connectivity index (χ0n) is 14.0. The van der Waals surface area contributed by atoms with Crippen molar-refractivity contribution in [3.8, 4) is 11.1 Å². The van der Waals surface area contributed by atoms with Gasteiger partial charge in [-0.1, -0.05) is 12.1 Å². The molecule has 3 nitrogen and oxygen atoms in total. The average molecular weight is 323 g/mol. The van der Waals surface area contributed by atoms with Crippen LogP contribution in [0.4, 0.5) is 4.39 Å². The number of nitrogens with zero attached hydrogens (tertiary/aromatic N) is 3. The number of hydrogen-bond donors (Lipinski definition) is 0. The SMILES string of the molecule is Cc1c(-c2cccc3c2ccn3CCN2CCCC2)ccnc1F. The van der Waals surface area contributed by atoms with Gasteiger partial charge in [0, 0.05) is 41.9 Å². The van der Waals surface area contributed by atoms with Gasteiger partial charge in [0.2, 0.25) is 5.95 Å². The first kappa shape index (κ1) is 15.3. The topological polar surface area (TPSA) is 21.1 Å². The molecule has 24 heavy (non-hydrogen) atoms. The maximum absolute atomic E-state index is 13.8. The average Bonchev–Trinajstić information content (AvgIpc) is 3.24. The summed E-state index contributed by atoms with van der Waals surface area (Å²) in [6, 6.07) is 10.3. The van der Waals surface area contributed by atoms with Gasteiger partial charge in [0.25, 0.3) is 0 Å². The van der Waals surface area contributed by atoms with E-state index in [0.717, 1.165) is 24.2 Å². The van der Waals surface area contributed by atoms with Crippen molar-refractivity contribution in [2.45, 2.75) is 26.3 Å². The van der Waals surface area contributed by atoms with Gasteiger partial charge in [-0.15, -0.1) is 0 Å². The van der Waals surface area contributed by atoms with Crippen LogP contribution in [0.2, 0.25) is 0 Å². The van der Waals surface area contributed by atoms with Gasteiger partial charge in [0.1, 0.15) is 0 Å². The first-order valence-electron chi connectivity index (χ1n) is 8.66. The predicted molar refractivity (Wildman–Crippen MR) is 95.5 cm³/mol. The zero-order chi connectivity index (χ0) is 16.5. The number of likely N-dealkylation sites (tertiary alicyclic amines) is 1. The third kappa shape index (κ3) is 2.71. The Hall–Kier alpha value is -2.20. The highest BCUT2D eigenvalue weighted by Crippen LogP contribution is 2.31. The largest absolute Gasteiger partial charge is 0.346 e. The highest BCUT2D eigenvalue weighted by Gasteiger charge is 2.14. The minimum atomic E-state index is -0.391. The summed E-state index contributed by atoms with van der Waals surface area (Å²) >= 11 is 0. The molecule has 1 aliphatic heterocycles. The van der Waals surface area contributed by atoms with Gasteiger partial charge in [0.05, 0.1) is 0 Å². The van der Waals surface area contributed by atoms with Crippen LogP contribution in [0.3, 0.4) is 0 Å². The fraction of sp³-hybridized carbons (Fsp3) is 0.350. The van der Waals surface area contributed by atoms with Crippen LogP contribution in [-0.2, 0) is 6.54 Å². The Morgan fingerprint density at radius 2 is 1.88 bits per heavy atom. The lowest BCUT2D eigenvalue weighted by molar-refractivity contribution is 0.324. The van der Waals surface area contributed by atoms with Crippen LogP contribution in [0.5, 0.6) is 0 Å². The monoisotopic (exact) mass is 323 g/mol. The van der Waals surface area contributed by atoms with Crippen molar-refractivity contribution in [3.05, 3.63) is 54.2 Å². The Labute approximate surface area is 141 Å². The molecular weight excluding hydrogens is 301 g/mol. The van der Waals surface area contributed by atoms with E-state index < -0.39 is 5.95 Å². The molecule has 0 amide bonds. The summed E-state index contributed by atoms with van der Waals surface area (Å²) in [6.07, 6.45) is 6.34. The number of halogens is 1. The van der Waals surface area contributed by atoms with Crippen LogP contribution < -0.4 is 0 Å². The van der Waals surface area contributed by atoms with E-state index in [9.17, 15) is 4.39 Å². The van der Waals surface area contributed by atoms with Crippen LogP contribution in [0, 0.1) is 12.9 Å². The normalized spacial score (nSPS) is 15.4. The predicted octanol–water partition coefficient (Wildman–Crippen LogP) is 4.25. The molecule has 1 aliphatic rings. The van der Waals surface area contributed by atoms with Crippen LogP contribution in [-0.4, -0.2) is 34.1 Å². The van der Waals surface area contributed by atoms with E-state index in [4.69, 9.17) is 0 Å². The molecule has 4 rings (SSSR count). The van der Waals surface area contributed by atoms with Gasteiger partial charge >= 0.3 is 0 Å². The molecule has 0 saturated carbocycles. The van der Waals surface area contributed by atoms with Crippen molar-refractivity contribution >= 4 is 10.9 Å². The highest BCUT2D eigenvalue weighted by molar-refractivity contribution is 5.96. The van der Waals surface area contributed by atoms with Crippen molar-refractivity contribution in [3.63, 3.8) is 0 Å². The van der Waals surface area contributed by atoms with Crippen molar-refractivity contribution in [2.75, 3.05) is 19.6 Å². The smallest absolute Gasteiger partial charge is 0.216 e. The zero-order valence-corrected chi connectivity index (χ0v) is 14.0. The Kier molecular flexibility index (Phi) is 4.07. The maximum atomic E-state index is 13.8. The number of fused-ring (bicyclic) bond motifs is 1. The molecule has 3 heterocycles. The maximum Gasteiger partial charge on any atom is 0.216 e. The Balaban J connectivity index is 1.69. The lowest BCUT2D eigenvalue weighted by Crippen LogP contribution is -2.23. The first-order valence-corrected chi connectivity index (χ1v) is 8.66. The van der Waals surface area contributed by atoms with E-state index in [1.165, 1.54) is 36.8 Å². The van der Waals surface area contributed by atoms with Crippen molar-refractivity contribution < 1.29 is 4.39 Å². The minimum Gasteiger partial charge on any atom is -0.346 e. The second-order valence-corrected chi connectivity index (χ2v) is 6.57. The van der Waals surface area contributed by atoms with E-state index in [2.05, 4.69) is 44.9 Å². The summed E-state index contributed by atoms with van der Waals surface area (Å²) < 4.78 is 16.2. The molecule has 1 saturated heterocycles. The molecule has 0 aliphatic carbocycles. The molecule has 1 fully saturated rings. The van der Waals surface area contributed by atoms with E-state index >= 15 is 0 Å². The summed E-state index contributed by atoms with van der Waals surface area (Å²) in [4.78, 5) is 6.27. The van der Waals surface area contributed by atoms with Crippen molar-refractivity contribution in [2.24, 2.45) is 0 Å². The molecule has 3 aromatic rings. The fourth-order valence-corrected chi connectivity index (χ4v) is 3.71. The molecular formula is C20H22FN3. The van der Waals surface area contributed by atoms with Crippen LogP contribution in [0.25, 0.3) is 22.0 Å². The van der Waals surface area contributed by atoms with Gasteiger partial charge in [-0.05, 0) is 62.2 Å². The van der Waals surface area contributed by atoms with Crippen LogP contribution in [0.15, 0.2) is 42.7 Å². The standard InChI is InChI=1S/C20H22FN3/c1-15-16(7-9-22-20(15)21)17-5-4-6-19-18(17)8-12-24(19)14-13-23-10-2-3-11-23/h4-9,12H,2-3,10-11,13-14H2,1H3. The van der Waals surface area contributed by atoms with Gasteiger partial charge in [0.15, 0.2) is 0 Å². The Morgan fingerprint density at radius 3 is 2.71 bits per heavy atom. The number of hydrogen-bond acceptors (Lipinski definition) is 2. The minimum absolute atomic E-state index is 0.391. The molecule has 4 heteroatoms. The Morgan fingerprint density at radius 1 is 1.04 bits per heavy atom. The lowest BCUT2D eigenvalue weighted by Gasteiger charge is -2.15. The number of rotatable bonds is 4. The molecule has 0 N–H and O–H groups in total. The third-order valence-corrected chi connectivity index (χ3v) is 5.10. The molecule has 0 radical (unpaired) electrons. The summed E-state index contributed by atoms with van der Waals surface area (Å²) in [6.45, 7) is 6.33. The summed E-state index contributed by atoms with van der Waals surface area (Å²) in [5.41, 5.74) is 3.81. The molecule has 0 spiro atoms. The first-order chi connectivity index (χ1) is 11.7. The third-order valence-electron chi connectivity index (χ3n) is 5.10. The molecule has 0 unspecified atom stereocenters. The number of pyridine rings is 1. The molecule has 2 aromatic heterocycles. The molecule has 124 valence electrons. The van der Waals surface area contributed by atoms with Crippen LogP contribution in [0.1, 0.15) is 18.4 Å². The molecule has 0 bridgehead atoms.